The molecule has 2 heteroatoms. The van der Waals surface area contributed by atoms with E-state index >= 15 is 0 Å². The van der Waals surface area contributed by atoms with Gasteiger partial charge in [0.25, 0.3) is 0 Å². The largest absolute Gasteiger partial charge is 0.316 e. The van der Waals surface area contributed by atoms with E-state index in [-0.39, 0.29) is 0 Å². The van der Waals surface area contributed by atoms with Crippen molar-refractivity contribution in [1.29, 1.82) is 0 Å². The Morgan fingerprint density at radius 2 is 1.57 bits per heavy atom. The fourth-order valence-electron chi connectivity index (χ4n) is 3.12. The summed E-state index contributed by atoms with van der Waals surface area (Å²) in [5, 5.41) is 7.12. The van der Waals surface area contributed by atoms with Gasteiger partial charge in [0.2, 0.25) is 0 Å². The molecule has 0 radical (unpaired) electrons. The van der Waals surface area contributed by atoms with Crippen LogP contribution in [0.1, 0.15) is 23.5 Å². The van der Waals surface area contributed by atoms with Gasteiger partial charge in [-0.25, -0.2) is 0 Å². The van der Waals surface area contributed by atoms with Crippen LogP contribution in [0.2, 0.25) is 0 Å². The molecule has 1 unspecified atom stereocenters. The van der Waals surface area contributed by atoms with Gasteiger partial charge in [-0.3, -0.25) is 0 Å². The third-order valence-electron chi connectivity index (χ3n) is 4.35. The summed E-state index contributed by atoms with van der Waals surface area (Å²) >= 11 is 0. The minimum Gasteiger partial charge on any atom is -0.316 e. The van der Waals surface area contributed by atoms with Crippen LogP contribution in [0.25, 0.3) is 0 Å². The first-order valence-electron chi connectivity index (χ1n) is 7.95. The average molecular weight is 280 g/mol. The second kappa shape index (κ2) is 7.39. The molecule has 0 aliphatic carbocycles. The predicted octanol–water partition coefficient (Wildman–Crippen LogP) is 3.02. The lowest BCUT2D eigenvalue weighted by Gasteiger charge is -2.20. The van der Waals surface area contributed by atoms with Crippen molar-refractivity contribution < 1.29 is 0 Å². The van der Waals surface area contributed by atoms with E-state index in [9.17, 15) is 0 Å². The normalized spacial score (nSPS) is 18.2. The Kier molecular flexibility index (Phi) is 5.03. The highest BCUT2D eigenvalue weighted by atomic mass is 14.9. The third-order valence-corrected chi connectivity index (χ3v) is 4.35. The molecule has 0 amide bonds. The van der Waals surface area contributed by atoms with Crippen molar-refractivity contribution in [2.24, 2.45) is 5.92 Å². The standard InChI is InChI=1S/C19H24N2/c1-3-7-17(8-4-1)19(18-9-5-2-6-10-18)15-21-14-16-11-12-20-13-16/h1-10,16,19-21H,11-15H2. The van der Waals surface area contributed by atoms with Gasteiger partial charge in [-0.15, -0.1) is 0 Å². The van der Waals surface area contributed by atoms with Crippen LogP contribution in [0.15, 0.2) is 60.7 Å². The molecule has 0 bridgehead atoms. The fourth-order valence-corrected chi connectivity index (χ4v) is 3.12. The maximum absolute atomic E-state index is 3.68. The SMILES string of the molecule is c1ccc(C(CNCC2CCNC2)c2ccccc2)cc1. The van der Waals surface area contributed by atoms with Gasteiger partial charge in [-0.05, 0) is 43.1 Å². The highest BCUT2D eigenvalue weighted by Crippen LogP contribution is 2.23. The minimum absolute atomic E-state index is 0.432. The Balaban J connectivity index is 1.67. The molecule has 110 valence electrons. The molecule has 2 N–H and O–H groups in total. The van der Waals surface area contributed by atoms with E-state index in [1.807, 2.05) is 0 Å². The van der Waals surface area contributed by atoms with Gasteiger partial charge >= 0.3 is 0 Å². The third kappa shape index (κ3) is 3.93. The second-order valence-electron chi connectivity index (χ2n) is 5.89. The summed E-state index contributed by atoms with van der Waals surface area (Å²) in [6.07, 6.45) is 1.30. The van der Waals surface area contributed by atoms with E-state index in [2.05, 4.69) is 71.3 Å². The Hall–Kier alpha value is -1.64. The van der Waals surface area contributed by atoms with Gasteiger partial charge in [0.1, 0.15) is 0 Å². The van der Waals surface area contributed by atoms with E-state index in [4.69, 9.17) is 0 Å². The van der Waals surface area contributed by atoms with Crippen LogP contribution in [-0.4, -0.2) is 26.2 Å². The lowest BCUT2D eigenvalue weighted by molar-refractivity contribution is 0.503. The molecule has 2 aromatic carbocycles. The Morgan fingerprint density at radius 1 is 0.952 bits per heavy atom. The number of nitrogens with one attached hydrogen (secondary N) is 2. The topological polar surface area (TPSA) is 24.1 Å². The van der Waals surface area contributed by atoms with Crippen LogP contribution in [0.3, 0.4) is 0 Å². The molecule has 2 aromatic rings. The molecule has 0 aromatic heterocycles. The molecule has 1 heterocycles. The van der Waals surface area contributed by atoms with Gasteiger partial charge in [-0.2, -0.15) is 0 Å². The van der Waals surface area contributed by atoms with Gasteiger partial charge in [0.05, 0.1) is 0 Å². The average Bonchev–Trinajstić information content (AvgIpc) is 3.07. The molecular weight excluding hydrogens is 256 g/mol. The van der Waals surface area contributed by atoms with Crippen LogP contribution in [0.5, 0.6) is 0 Å². The zero-order valence-electron chi connectivity index (χ0n) is 12.5. The molecule has 1 fully saturated rings. The van der Waals surface area contributed by atoms with E-state index < -0.39 is 0 Å². The molecule has 3 rings (SSSR count). The van der Waals surface area contributed by atoms with Gasteiger partial charge in [0, 0.05) is 12.5 Å². The number of rotatable bonds is 6. The van der Waals surface area contributed by atoms with Crippen molar-refractivity contribution in [1.82, 2.24) is 10.6 Å². The number of hydrogen-bond donors (Lipinski definition) is 2. The first-order valence-corrected chi connectivity index (χ1v) is 7.95. The molecule has 2 nitrogen and oxygen atoms in total. The van der Waals surface area contributed by atoms with Crippen LogP contribution >= 0.6 is 0 Å². The van der Waals surface area contributed by atoms with Gasteiger partial charge < -0.3 is 10.6 Å². The molecule has 1 aliphatic heterocycles. The maximum atomic E-state index is 3.68. The zero-order valence-corrected chi connectivity index (χ0v) is 12.5. The summed E-state index contributed by atoms with van der Waals surface area (Å²) in [5.74, 6) is 1.22. The van der Waals surface area contributed by atoms with Crippen molar-refractivity contribution in [3.8, 4) is 0 Å². The van der Waals surface area contributed by atoms with E-state index in [1.165, 1.54) is 24.1 Å². The van der Waals surface area contributed by atoms with Crippen LogP contribution in [0, 0.1) is 5.92 Å². The van der Waals surface area contributed by atoms with Crippen LogP contribution < -0.4 is 10.6 Å². The highest BCUT2D eigenvalue weighted by molar-refractivity contribution is 5.32. The Bertz CT molecular complexity index is 478. The number of benzene rings is 2. The summed E-state index contributed by atoms with van der Waals surface area (Å²) in [7, 11) is 0. The quantitative estimate of drug-likeness (QED) is 0.850. The summed E-state index contributed by atoms with van der Waals surface area (Å²) in [5.41, 5.74) is 2.78. The van der Waals surface area contributed by atoms with E-state index in [1.54, 1.807) is 0 Å². The molecule has 1 saturated heterocycles. The Morgan fingerprint density at radius 3 is 2.10 bits per heavy atom. The van der Waals surface area contributed by atoms with Gasteiger partial charge in [-0.1, -0.05) is 60.7 Å². The monoisotopic (exact) mass is 280 g/mol. The maximum Gasteiger partial charge on any atom is 0.0214 e. The van der Waals surface area contributed by atoms with Gasteiger partial charge in [0.15, 0.2) is 0 Å². The van der Waals surface area contributed by atoms with Crippen molar-refractivity contribution in [2.45, 2.75) is 12.3 Å². The van der Waals surface area contributed by atoms with E-state index in [0.29, 0.717) is 5.92 Å². The summed E-state index contributed by atoms with van der Waals surface area (Å²) < 4.78 is 0. The highest BCUT2D eigenvalue weighted by Gasteiger charge is 2.16. The fraction of sp³-hybridized carbons (Fsp3) is 0.368. The molecule has 21 heavy (non-hydrogen) atoms. The molecule has 0 spiro atoms. The van der Waals surface area contributed by atoms with Crippen molar-refractivity contribution in [3.63, 3.8) is 0 Å². The lowest BCUT2D eigenvalue weighted by Crippen LogP contribution is -2.28. The molecule has 0 saturated carbocycles. The predicted molar refractivity (Wildman–Crippen MR) is 88.6 cm³/mol. The molecule has 1 atom stereocenters. The first kappa shape index (κ1) is 14.3. The number of hydrogen-bond acceptors (Lipinski definition) is 2. The first-order chi connectivity index (χ1) is 10.4. The smallest absolute Gasteiger partial charge is 0.0214 e. The summed E-state index contributed by atoms with van der Waals surface area (Å²) in [6, 6.07) is 21.6. The van der Waals surface area contributed by atoms with Crippen molar-refractivity contribution in [2.75, 3.05) is 26.2 Å². The molecule has 1 aliphatic rings. The van der Waals surface area contributed by atoms with Crippen molar-refractivity contribution >= 4 is 0 Å². The lowest BCUT2D eigenvalue weighted by atomic mass is 9.91. The minimum atomic E-state index is 0.432. The van der Waals surface area contributed by atoms with E-state index in [0.717, 1.165) is 25.6 Å². The second-order valence-corrected chi connectivity index (χ2v) is 5.89. The van der Waals surface area contributed by atoms with Crippen molar-refractivity contribution in [3.05, 3.63) is 71.8 Å². The summed E-state index contributed by atoms with van der Waals surface area (Å²) in [4.78, 5) is 0. The molecular formula is C19H24N2. The van der Waals surface area contributed by atoms with Crippen LogP contribution in [0.4, 0.5) is 0 Å². The van der Waals surface area contributed by atoms with Crippen LogP contribution in [-0.2, 0) is 0 Å². The summed E-state index contributed by atoms with van der Waals surface area (Å²) in [6.45, 7) is 4.45. The zero-order chi connectivity index (χ0) is 14.3. The Labute approximate surface area is 127 Å².